The van der Waals surface area contributed by atoms with Gasteiger partial charge in [-0.1, -0.05) is 13.8 Å². The number of hydrogen-bond donors (Lipinski definition) is 2. The zero-order valence-corrected chi connectivity index (χ0v) is 10.3. The lowest BCUT2D eigenvalue weighted by Gasteiger charge is -2.15. The highest BCUT2D eigenvalue weighted by molar-refractivity contribution is 5.45. The number of methoxy groups -OCH3 is 1. The van der Waals surface area contributed by atoms with Crippen molar-refractivity contribution in [2.24, 2.45) is 0 Å². The van der Waals surface area contributed by atoms with Gasteiger partial charge >= 0.3 is 0 Å². The number of ether oxygens (including phenoxy) is 1. The van der Waals surface area contributed by atoms with E-state index in [4.69, 9.17) is 10.5 Å². The van der Waals surface area contributed by atoms with Gasteiger partial charge in [0.15, 0.2) is 0 Å². The van der Waals surface area contributed by atoms with E-state index in [1.165, 1.54) is 0 Å². The standard InChI is InChI=1S/C11H20N4O/c1-7(2)11-14-9(12)5-10(15-11)13-8(3)6-16-4/h5,7-8H,6H2,1-4H3,(H3,12,13,14,15). The van der Waals surface area contributed by atoms with E-state index in [0.717, 1.165) is 11.6 Å². The lowest BCUT2D eigenvalue weighted by Crippen LogP contribution is -2.22. The fraction of sp³-hybridized carbons (Fsp3) is 0.636. The highest BCUT2D eigenvalue weighted by Crippen LogP contribution is 2.15. The third-order valence-electron chi connectivity index (χ3n) is 2.09. The van der Waals surface area contributed by atoms with Gasteiger partial charge in [-0.25, -0.2) is 9.97 Å². The maximum atomic E-state index is 5.72. The highest BCUT2D eigenvalue weighted by Gasteiger charge is 2.08. The Kier molecular flexibility index (Phi) is 4.49. The molecule has 0 aliphatic carbocycles. The number of rotatable bonds is 5. The van der Waals surface area contributed by atoms with Crippen LogP contribution in [0.2, 0.25) is 0 Å². The Bertz CT molecular complexity index is 341. The Labute approximate surface area is 96.4 Å². The molecule has 1 heterocycles. The average Bonchev–Trinajstić information content (AvgIpc) is 2.16. The average molecular weight is 224 g/mol. The minimum Gasteiger partial charge on any atom is -0.384 e. The van der Waals surface area contributed by atoms with Crippen molar-refractivity contribution in [1.29, 1.82) is 0 Å². The largest absolute Gasteiger partial charge is 0.384 e. The molecular weight excluding hydrogens is 204 g/mol. The van der Waals surface area contributed by atoms with Gasteiger partial charge in [-0.05, 0) is 6.92 Å². The predicted molar refractivity (Wildman–Crippen MR) is 65.5 cm³/mol. The van der Waals surface area contributed by atoms with Gasteiger partial charge < -0.3 is 15.8 Å². The number of nitrogens with zero attached hydrogens (tertiary/aromatic N) is 2. The molecule has 5 nitrogen and oxygen atoms in total. The molecular formula is C11H20N4O. The number of hydrogen-bond acceptors (Lipinski definition) is 5. The minimum atomic E-state index is 0.194. The Hall–Kier alpha value is -1.36. The number of aromatic nitrogens is 2. The summed E-state index contributed by atoms with van der Waals surface area (Å²) in [6.07, 6.45) is 0. The van der Waals surface area contributed by atoms with Crippen LogP contribution in [0, 0.1) is 0 Å². The summed E-state index contributed by atoms with van der Waals surface area (Å²) in [5.41, 5.74) is 5.72. The Morgan fingerprint density at radius 1 is 1.38 bits per heavy atom. The maximum Gasteiger partial charge on any atom is 0.135 e. The van der Waals surface area contributed by atoms with Crippen molar-refractivity contribution in [2.45, 2.75) is 32.7 Å². The molecule has 90 valence electrons. The van der Waals surface area contributed by atoms with Crippen LogP contribution in [0.3, 0.4) is 0 Å². The minimum absolute atomic E-state index is 0.194. The van der Waals surface area contributed by atoms with Gasteiger partial charge in [0.25, 0.3) is 0 Å². The first-order chi connectivity index (χ1) is 7.52. The SMILES string of the molecule is COCC(C)Nc1cc(N)nc(C(C)C)n1. The quantitative estimate of drug-likeness (QED) is 0.795. The summed E-state index contributed by atoms with van der Waals surface area (Å²) in [6.45, 7) is 6.73. The molecule has 0 radical (unpaired) electrons. The van der Waals surface area contributed by atoms with E-state index in [9.17, 15) is 0 Å². The molecule has 1 aromatic rings. The highest BCUT2D eigenvalue weighted by atomic mass is 16.5. The van der Waals surface area contributed by atoms with Crippen LogP contribution in [0.4, 0.5) is 11.6 Å². The van der Waals surface area contributed by atoms with Gasteiger partial charge in [0.2, 0.25) is 0 Å². The fourth-order valence-electron chi connectivity index (χ4n) is 1.36. The summed E-state index contributed by atoms with van der Waals surface area (Å²) in [7, 11) is 1.67. The third kappa shape index (κ3) is 3.66. The first-order valence-electron chi connectivity index (χ1n) is 5.43. The Morgan fingerprint density at radius 2 is 2.06 bits per heavy atom. The zero-order chi connectivity index (χ0) is 12.1. The van der Waals surface area contributed by atoms with Crippen LogP contribution in [0.25, 0.3) is 0 Å². The Balaban J connectivity index is 2.80. The fourth-order valence-corrected chi connectivity index (χ4v) is 1.36. The van der Waals surface area contributed by atoms with E-state index in [1.54, 1.807) is 13.2 Å². The summed E-state index contributed by atoms with van der Waals surface area (Å²) >= 11 is 0. The van der Waals surface area contributed by atoms with E-state index in [0.29, 0.717) is 12.4 Å². The monoisotopic (exact) mass is 224 g/mol. The number of nitrogens with one attached hydrogen (secondary N) is 1. The van der Waals surface area contributed by atoms with E-state index >= 15 is 0 Å². The molecule has 16 heavy (non-hydrogen) atoms. The number of anilines is 2. The number of nitrogen functional groups attached to an aromatic ring is 1. The van der Waals surface area contributed by atoms with Crippen molar-refractivity contribution in [2.75, 3.05) is 24.8 Å². The van der Waals surface area contributed by atoms with E-state index in [-0.39, 0.29) is 12.0 Å². The molecule has 5 heteroatoms. The smallest absolute Gasteiger partial charge is 0.135 e. The summed E-state index contributed by atoms with van der Waals surface area (Å²) in [6, 6.07) is 1.93. The normalized spacial score (nSPS) is 12.8. The van der Waals surface area contributed by atoms with Crippen molar-refractivity contribution in [1.82, 2.24) is 9.97 Å². The summed E-state index contributed by atoms with van der Waals surface area (Å²) < 4.78 is 5.05. The number of nitrogens with two attached hydrogens (primary N) is 1. The zero-order valence-electron chi connectivity index (χ0n) is 10.3. The first-order valence-corrected chi connectivity index (χ1v) is 5.43. The summed E-state index contributed by atoms with van der Waals surface area (Å²) in [5, 5.41) is 3.22. The molecule has 0 aliphatic rings. The molecule has 0 aliphatic heterocycles. The molecule has 1 atom stereocenters. The maximum absolute atomic E-state index is 5.72. The van der Waals surface area contributed by atoms with E-state index in [2.05, 4.69) is 15.3 Å². The lowest BCUT2D eigenvalue weighted by molar-refractivity contribution is 0.190. The molecule has 1 aromatic heterocycles. The molecule has 0 aromatic carbocycles. The second kappa shape index (κ2) is 5.65. The second-order valence-electron chi connectivity index (χ2n) is 4.19. The molecule has 3 N–H and O–H groups in total. The predicted octanol–water partition coefficient (Wildman–Crippen LogP) is 1.63. The molecule has 1 unspecified atom stereocenters. The van der Waals surface area contributed by atoms with Crippen molar-refractivity contribution in [3.63, 3.8) is 0 Å². The van der Waals surface area contributed by atoms with Gasteiger partial charge in [0.05, 0.1) is 6.61 Å². The molecule has 0 spiro atoms. The first kappa shape index (κ1) is 12.7. The lowest BCUT2D eigenvalue weighted by atomic mass is 10.2. The molecule has 1 rings (SSSR count). The van der Waals surface area contributed by atoms with Crippen LogP contribution in [0.5, 0.6) is 0 Å². The van der Waals surface area contributed by atoms with Gasteiger partial charge in [0, 0.05) is 25.1 Å². The van der Waals surface area contributed by atoms with Crippen LogP contribution < -0.4 is 11.1 Å². The van der Waals surface area contributed by atoms with Crippen molar-refractivity contribution >= 4 is 11.6 Å². The van der Waals surface area contributed by atoms with Crippen molar-refractivity contribution < 1.29 is 4.74 Å². The van der Waals surface area contributed by atoms with Gasteiger partial charge in [-0.3, -0.25) is 0 Å². The molecule has 0 amide bonds. The van der Waals surface area contributed by atoms with Gasteiger partial charge in [0.1, 0.15) is 17.5 Å². The van der Waals surface area contributed by atoms with Gasteiger partial charge in [-0.2, -0.15) is 0 Å². The van der Waals surface area contributed by atoms with Crippen LogP contribution in [-0.4, -0.2) is 29.7 Å². The van der Waals surface area contributed by atoms with Crippen LogP contribution >= 0.6 is 0 Å². The topological polar surface area (TPSA) is 73.1 Å². The summed E-state index contributed by atoms with van der Waals surface area (Å²) in [5.74, 6) is 2.26. The molecule has 0 saturated carbocycles. The van der Waals surface area contributed by atoms with Crippen molar-refractivity contribution in [3.05, 3.63) is 11.9 Å². The second-order valence-corrected chi connectivity index (χ2v) is 4.19. The van der Waals surface area contributed by atoms with Crippen LogP contribution in [0.15, 0.2) is 6.07 Å². The molecule has 0 fully saturated rings. The van der Waals surface area contributed by atoms with Crippen LogP contribution in [0.1, 0.15) is 32.5 Å². The van der Waals surface area contributed by atoms with Gasteiger partial charge in [-0.15, -0.1) is 0 Å². The van der Waals surface area contributed by atoms with Crippen molar-refractivity contribution in [3.8, 4) is 0 Å². The summed E-state index contributed by atoms with van der Waals surface area (Å²) in [4.78, 5) is 8.58. The molecule has 0 bridgehead atoms. The van der Waals surface area contributed by atoms with Crippen LogP contribution in [-0.2, 0) is 4.74 Å². The third-order valence-corrected chi connectivity index (χ3v) is 2.09. The van der Waals surface area contributed by atoms with E-state index in [1.807, 2.05) is 20.8 Å². The molecule has 0 saturated heterocycles. The Morgan fingerprint density at radius 3 is 2.62 bits per heavy atom. The van der Waals surface area contributed by atoms with E-state index < -0.39 is 0 Å².